The van der Waals surface area contributed by atoms with E-state index in [0.29, 0.717) is 30.3 Å². The van der Waals surface area contributed by atoms with Crippen LogP contribution in [-0.4, -0.2) is 27.8 Å². The molecule has 4 aromatic rings. The summed E-state index contributed by atoms with van der Waals surface area (Å²) in [5.74, 6) is 1.25. The molecule has 7 heteroatoms. The number of carbonyl (C=O) groups is 1. The number of nitrogens with one attached hydrogen (secondary N) is 2. The van der Waals surface area contributed by atoms with Crippen molar-refractivity contribution in [3.63, 3.8) is 0 Å². The molecule has 7 nitrogen and oxygen atoms in total. The zero-order valence-corrected chi connectivity index (χ0v) is 20.3. The van der Waals surface area contributed by atoms with Gasteiger partial charge < -0.3 is 21.9 Å². The van der Waals surface area contributed by atoms with Crippen LogP contribution in [0, 0.1) is 11.8 Å². The Hall–Kier alpha value is -3.84. The molecule has 3 aromatic carbocycles. The van der Waals surface area contributed by atoms with E-state index in [1.54, 1.807) is 6.07 Å². The molecule has 1 saturated carbocycles. The second-order valence-electron chi connectivity index (χ2n) is 9.85. The molecule has 1 aliphatic rings. The maximum atomic E-state index is 13.3. The van der Waals surface area contributed by atoms with E-state index in [2.05, 4.69) is 27.6 Å². The lowest BCUT2D eigenvalue weighted by molar-refractivity contribution is -0.127. The van der Waals surface area contributed by atoms with E-state index in [4.69, 9.17) is 11.5 Å². The zero-order valence-electron chi connectivity index (χ0n) is 20.3. The summed E-state index contributed by atoms with van der Waals surface area (Å²) in [6.45, 7) is 0.693. The van der Waals surface area contributed by atoms with Gasteiger partial charge in [-0.05, 0) is 85.5 Å². The second kappa shape index (κ2) is 10.4. The molecule has 1 unspecified atom stereocenters. The average molecular weight is 484 g/mol. The molecule has 36 heavy (non-hydrogen) atoms. The number of aromatic amines is 1. The van der Waals surface area contributed by atoms with Gasteiger partial charge in [0.1, 0.15) is 5.75 Å². The number of fused-ring (bicyclic) bond motifs is 1. The molecule has 1 fully saturated rings. The fourth-order valence-electron chi connectivity index (χ4n) is 5.26. The number of aromatic nitrogens is 2. The van der Waals surface area contributed by atoms with Gasteiger partial charge in [-0.25, -0.2) is 0 Å². The van der Waals surface area contributed by atoms with Crippen molar-refractivity contribution < 1.29 is 9.90 Å². The maximum Gasteiger partial charge on any atom is 0.223 e. The van der Waals surface area contributed by atoms with Crippen molar-refractivity contribution in [2.24, 2.45) is 17.6 Å². The highest BCUT2D eigenvalue weighted by molar-refractivity contribution is 5.92. The quantitative estimate of drug-likeness (QED) is 0.260. The van der Waals surface area contributed by atoms with Crippen LogP contribution in [0.25, 0.3) is 22.0 Å². The highest BCUT2D eigenvalue weighted by Crippen LogP contribution is 2.35. The van der Waals surface area contributed by atoms with Gasteiger partial charge in [-0.3, -0.25) is 9.89 Å². The second-order valence-corrected chi connectivity index (χ2v) is 9.85. The van der Waals surface area contributed by atoms with Crippen LogP contribution in [-0.2, 0) is 11.2 Å². The number of amides is 1. The first kappa shape index (κ1) is 23.9. The maximum absolute atomic E-state index is 13.3. The van der Waals surface area contributed by atoms with E-state index in [-0.39, 0.29) is 23.6 Å². The number of anilines is 1. The lowest BCUT2D eigenvalue weighted by Gasteiger charge is -2.29. The lowest BCUT2D eigenvalue weighted by atomic mass is 9.81. The molecule has 0 bridgehead atoms. The molecule has 5 rings (SSSR count). The third-order valence-corrected chi connectivity index (χ3v) is 7.48. The molecule has 1 aromatic heterocycles. The van der Waals surface area contributed by atoms with Crippen molar-refractivity contribution in [3.8, 4) is 16.9 Å². The molecule has 7 N–H and O–H groups in total. The van der Waals surface area contributed by atoms with Crippen molar-refractivity contribution in [3.05, 3.63) is 77.9 Å². The van der Waals surface area contributed by atoms with Crippen LogP contribution in [0.3, 0.4) is 0 Å². The van der Waals surface area contributed by atoms with E-state index in [0.717, 1.165) is 53.3 Å². The number of benzene rings is 3. The Kier molecular flexibility index (Phi) is 6.91. The summed E-state index contributed by atoms with van der Waals surface area (Å²) in [5.41, 5.74) is 16.2. The van der Waals surface area contributed by atoms with Crippen LogP contribution in [0.1, 0.15) is 42.9 Å². The van der Waals surface area contributed by atoms with Gasteiger partial charge in [0.05, 0.1) is 11.6 Å². The van der Waals surface area contributed by atoms with Gasteiger partial charge in [-0.2, -0.15) is 5.10 Å². The van der Waals surface area contributed by atoms with E-state index in [1.165, 1.54) is 0 Å². The van der Waals surface area contributed by atoms with Crippen molar-refractivity contribution in [2.75, 3.05) is 12.3 Å². The Morgan fingerprint density at radius 1 is 1.06 bits per heavy atom. The minimum atomic E-state index is -0.224. The van der Waals surface area contributed by atoms with E-state index < -0.39 is 0 Å². The summed E-state index contributed by atoms with van der Waals surface area (Å²) in [7, 11) is 0. The fourth-order valence-corrected chi connectivity index (χ4v) is 5.26. The first-order chi connectivity index (χ1) is 17.5. The number of aromatic hydroxyl groups is 1. The Labute approximate surface area is 210 Å². The molecule has 0 saturated heterocycles. The zero-order chi connectivity index (χ0) is 25.1. The van der Waals surface area contributed by atoms with Crippen LogP contribution in [0.5, 0.6) is 5.75 Å². The topological polar surface area (TPSA) is 130 Å². The predicted octanol–water partition coefficient (Wildman–Crippen LogP) is 4.68. The Balaban J connectivity index is 1.44. The predicted molar refractivity (Wildman–Crippen MR) is 143 cm³/mol. The first-order valence-corrected chi connectivity index (χ1v) is 12.6. The van der Waals surface area contributed by atoms with Gasteiger partial charge in [-0.1, -0.05) is 42.5 Å². The van der Waals surface area contributed by atoms with E-state index in [1.807, 2.05) is 48.5 Å². The number of nitrogen functional groups attached to an aromatic ring is 1. The summed E-state index contributed by atoms with van der Waals surface area (Å²) >= 11 is 0. The number of phenols is 1. The normalized spacial score (nSPS) is 18.7. The van der Waals surface area contributed by atoms with E-state index in [9.17, 15) is 9.90 Å². The molecular formula is C29H33N5O2. The molecule has 1 amide bonds. The molecule has 0 aliphatic heterocycles. The number of hydrogen-bond acceptors (Lipinski definition) is 5. The molecule has 0 radical (unpaired) electrons. The summed E-state index contributed by atoms with van der Waals surface area (Å²) in [6, 6.07) is 21.2. The molecular weight excluding hydrogens is 450 g/mol. The number of H-pyrrole nitrogens is 1. The third kappa shape index (κ3) is 5.06. The van der Waals surface area contributed by atoms with Gasteiger partial charge in [-0.15, -0.1) is 0 Å². The molecule has 1 heterocycles. The summed E-state index contributed by atoms with van der Waals surface area (Å²) in [4.78, 5) is 13.3. The Morgan fingerprint density at radius 3 is 2.58 bits per heavy atom. The largest absolute Gasteiger partial charge is 0.507 e. The highest BCUT2D eigenvalue weighted by Gasteiger charge is 2.28. The third-order valence-electron chi connectivity index (χ3n) is 7.48. The van der Waals surface area contributed by atoms with Crippen LogP contribution in [0.15, 0.2) is 66.7 Å². The lowest BCUT2D eigenvalue weighted by Crippen LogP contribution is -2.37. The number of nitrogens with two attached hydrogens (primary N) is 2. The average Bonchev–Trinajstić information content (AvgIpc) is 3.29. The van der Waals surface area contributed by atoms with Gasteiger partial charge in [0, 0.05) is 16.9 Å². The Morgan fingerprint density at radius 2 is 1.83 bits per heavy atom. The first-order valence-electron chi connectivity index (χ1n) is 12.6. The SMILES string of the molecule is NC[C@H]1CC[C@H](C(=O)NC(Cc2ccccc2)c2ccc(O)c(-c3ccc4c(N)n[nH]c4c3)c2)CC1. The minimum Gasteiger partial charge on any atom is -0.507 e. The summed E-state index contributed by atoms with van der Waals surface area (Å²) < 4.78 is 0. The number of carbonyl (C=O) groups excluding carboxylic acids is 1. The smallest absolute Gasteiger partial charge is 0.223 e. The van der Waals surface area contributed by atoms with E-state index >= 15 is 0 Å². The Bertz CT molecular complexity index is 1340. The molecule has 186 valence electrons. The minimum absolute atomic E-state index is 0.0101. The molecule has 0 spiro atoms. The van der Waals surface area contributed by atoms with Crippen molar-refractivity contribution in [1.29, 1.82) is 0 Å². The number of hydrogen-bond donors (Lipinski definition) is 5. The molecule has 1 atom stereocenters. The van der Waals surface area contributed by atoms with Crippen molar-refractivity contribution >= 4 is 22.6 Å². The van der Waals surface area contributed by atoms with Gasteiger partial charge in [0.2, 0.25) is 5.91 Å². The van der Waals surface area contributed by atoms with Crippen LogP contribution in [0.4, 0.5) is 5.82 Å². The fraction of sp³-hybridized carbons (Fsp3) is 0.310. The number of nitrogens with zero attached hydrogens (tertiary/aromatic N) is 1. The van der Waals surface area contributed by atoms with Crippen LogP contribution < -0.4 is 16.8 Å². The highest BCUT2D eigenvalue weighted by atomic mass is 16.3. The van der Waals surface area contributed by atoms with Crippen LogP contribution in [0.2, 0.25) is 0 Å². The van der Waals surface area contributed by atoms with Crippen molar-refractivity contribution in [1.82, 2.24) is 15.5 Å². The number of rotatable bonds is 7. The monoisotopic (exact) mass is 483 g/mol. The summed E-state index contributed by atoms with van der Waals surface area (Å²) in [5, 5.41) is 21.9. The number of phenolic OH excluding ortho intramolecular Hbond substituents is 1. The summed E-state index contributed by atoms with van der Waals surface area (Å²) in [6.07, 6.45) is 4.41. The standard InChI is InChI=1S/C29H33N5O2/c30-17-19-6-8-20(9-7-19)29(36)32-25(14-18-4-2-1-3-5-18)22-11-13-27(35)24(15-22)21-10-12-23-26(16-21)33-34-28(23)31/h1-5,10-13,15-16,19-20,25,35H,6-9,14,17,30H2,(H,32,36)(H3,31,33,34)/t19-,20-,25?. The van der Waals surface area contributed by atoms with Gasteiger partial charge in [0.25, 0.3) is 0 Å². The van der Waals surface area contributed by atoms with Crippen LogP contribution >= 0.6 is 0 Å². The van der Waals surface area contributed by atoms with Gasteiger partial charge in [0.15, 0.2) is 5.82 Å². The molecule has 1 aliphatic carbocycles. The van der Waals surface area contributed by atoms with Gasteiger partial charge >= 0.3 is 0 Å². The van der Waals surface area contributed by atoms with Crippen molar-refractivity contribution in [2.45, 2.75) is 38.1 Å².